The number of rotatable bonds is 5. The van der Waals surface area contributed by atoms with Crippen molar-refractivity contribution < 1.29 is 0 Å². The highest BCUT2D eigenvalue weighted by Crippen LogP contribution is 2.19. The summed E-state index contributed by atoms with van der Waals surface area (Å²) >= 11 is 0. The lowest BCUT2D eigenvalue weighted by Crippen LogP contribution is -2.46. The molecule has 0 saturated carbocycles. The van der Waals surface area contributed by atoms with Crippen LogP contribution in [-0.2, 0) is 0 Å². The van der Waals surface area contributed by atoms with Gasteiger partial charge in [0.25, 0.3) is 0 Å². The van der Waals surface area contributed by atoms with Gasteiger partial charge in [-0.2, -0.15) is 0 Å². The van der Waals surface area contributed by atoms with Crippen molar-refractivity contribution in [1.82, 2.24) is 10.2 Å². The van der Waals surface area contributed by atoms with Crippen LogP contribution in [0.25, 0.3) is 0 Å². The molecule has 3 atom stereocenters. The molecule has 1 rings (SSSR count). The van der Waals surface area contributed by atoms with E-state index in [0.29, 0.717) is 12.1 Å². The minimum Gasteiger partial charge on any atom is -0.308 e. The Labute approximate surface area is 94.7 Å². The minimum atomic E-state index is 0.428. The zero-order valence-electron chi connectivity index (χ0n) is 10.5. The normalized spacial score (nSPS) is 27.3. The Morgan fingerprint density at radius 1 is 1.53 bits per heavy atom. The smallest absolute Gasteiger partial charge is 0.0221 e. The van der Waals surface area contributed by atoms with Crippen LogP contribution in [0.15, 0.2) is 12.7 Å². The molecule has 88 valence electrons. The van der Waals surface area contributed by atoms with Gasteiger partial charge in [0.05, 0.1) is 0 Å². The first-order valence-electron chi connectivity index (χ1n) is 6.28. The zero-order valence-corrected chi connectivity index (χ0v) is 10.5. The molecule has 0 spiro atoms. The molecule has 0 aromatic carbocycles. The fourth-order valence-corrected chi connectivity index (χ4v) is 2.41. The van der Waals surface area contributed by atoms with Crippen molar-refractivity contribution in [3.05, 3.63) is 12.7 Å². The maximum atomic E-state index is 3.82. The monoisotopic (exact) mass is 210 g/mol. The number of hydrogen-bond acceptors (Lipinski definition) is 2. The highest BCUT2D eigenvalue weighted by molar-refractivity contribution is 4.87. The Hall–Kier alpha value is -0.340. The molecule has 0 aromatic rings. The summed E-state index contributed by atoms with van der Waals surface area (Å²) in [5, 5.41) is 3.60. The van der Waals surface area contributed by atoms with Gasteiger partial charge in [-0.15, -0.1) is 6.58 Å². The Morgan fingerprint density at radius 3 is 2.87 bits per heavy atom. The second kappa shape index (κ2) is 6.29. The molecule has 1 N–H and O–H groups in total. The van der Waals surface area contributed by atoms with Crippen LogP contribution in [0.3, 0.4) is 0 Å². The SMILES string of the molecule is C=CC(C)NC(C)C1CCCN(CC)C1. The number of hydrogen-bond donors (Lipinski definition) is 1. The van der Waals surface area contributed by atoms with E-state index in [0.717, 1.165) is 5.92 Å². The van der Waals surface area contributed by atoms with Crippen molar-refractivity contribution in [3.63, 3.8) is 0 Å². The van der Waals surface area contributed by atoms with Crippen molar-refractivity contribution in [1.29, 1.82) is 0 Å². The van der Waals surface area contributed by atoms with Crippen LogP contribution in [0.1, 0.15) is 33.6 Å². The molecule has 0 aromatic heterocycles. The summed E-state index contributed by atoms with van der Waals surface area (Å²) in [5.41, 5.74) is 0. The van der Waals surface area contributed by atoms with Crippen molar-refractivity contribution in [2.45, 2.75) is 45.7 Å². The van der Waals surface area contributed by atoms with Crippen LogP contribution in [-0.4, -0.2) is 36.6 Å². The quantitative estimate of drug-likeness (QED) is 0.700. The summed E-state index contributed by atoms with van der Waals surface area (Å²) in [6.45, 7) is 14.3. The van der Waals surface area contributed by atoms with Gasteiger partial charge in [0.15, 0.2) is 0 Å². The predicted molar refractivity (Wildman–Crippen MR) is 67.1 cm³/mol. The molecule has 0 amide bonds. The van der Waals surface area contributed by atoms with Crippen LogP contribution >= 0.6 is 0 Å². The van der Waals surface area contributed by atoms with Crippen molar-refractivity contribution in [2.24, 2.45) is 5.92 Å². The van der Waals surface area contributed by atoms with Crippen molar-refractivity contribution in [2.75, 3.05) is 19.6 Å². The number of piperidine rings is 1. The third-order valence-corrected chi connectivity index (χ3v) is 3.58. The molecule has 1 saturated heterocycles. The predicted octanol–water partition coefficient (Wildman–Crippen LogP) is 2.27. The van der Waals surface area contributed by atoms with Crippen LogP contribution < -0.4 is 5.32 Å². The summed E-state index contributed by atoms with van der Waals surface area (Å²) in [6.07, 6.45) is 4.71. The lowest BCUT2D eigenvalue weighted by Gasteiger charge is -2.36. The number of likely N-dealkylation sites (tertiary alicyclic amines) is 1. The summed E-state index contributed by atoms with van der Waals surface area (Å²) in [5.74, 6) is 0.807. The first-order valence-corrected chi connectivity index (χ1v) is 6.28. The third kappa shape index (κ3) is 3.96. The van der Waals surface area contributed by atoms with E-state index in [-0.39, 0.29) is 0 Å². The summed E-state index contributed by atoms with van der Waals surface area (Å²) in [6, 6.07) is 1.03. The molecular weight excluding hydrogens is 184 g/mol. The molecule has 0 bridgehead atoms. The molecule has 0 radical (unpaired) electrons. The fraction of sp³-hybridized carbons (Fsp3) is 0.846. The summed E-state index contributed by atoms with van der Waals surface area (Å²) in [7, 11) is 0. The average Bonchev–Trinajstić information content (AvgIpc) is 2.28. The maximum absolute atomic E-state index is 3.82. The molecule has 15 heavy (non-hydrogen) atoms. The molecule has 3 unspecified atom stereocenters. The largest absolute Gasteiger partial charge is 0.308 e. The number of nitrogens with zero attached hydrogens (tertiary/aromatic N) is 1. The van der Waals surface area contributed by atoms with Gasteiger partial charge in [-0.1, -0.05) is 13.0 Å². The van der Waals surface area contributed by atoms with Crippen LogP contribution in [0.2, 0.25) is 0 Å². The van der Waals surface area contributed by atoms with Gasteiger partial charge in [0.2, 0.25) is 0 Å². The van der Waals surface area contributed by atoms with E-state index >= 15 is 0 Å². The van der Waals surface area contributed by atoms with Crippen molar-refractivity contribution >= 4 is 0 Å². The summed E-state index contributed by atoms with van der Waals surface area (Å²) < 4.78 is 0. The van der Waals surface area contributed by atoms with E-state index in [4.69, 9.17) is 0 Å². The second-order valence-corrected chi connectivity index (χ2v) is 4.78. The molecule has 1 heterocycles. The van der Waals surface area contributed by atoms with Gasteiger partial charge in [-0.25, -0.2) is 0 Å². The highest BCUT2D eigenvalue weighted by Gasteiger charge is 2.23. The average molecular weight is 210 g/mol. The highest BCUT2D eigenvalue weighted by atomic mass is 15.1. The van der Waals surface area contributed by atoms with Crippen molar-refractivity contribution in [3.8, 4) is 0 Å². The minimum absolute atomic E-state index is 0.428. The van der Waals surface area contributed by atoms with E-state index in [1.165, 1.54) is 32.5 Å². The van der Waals surface area contributed by atoms with Crippen LogP contribution in [0.5, 0.6) is 0 Å². The fourth-order valence-electron chi connectivity index (χ4n) is 2.41. The standard InChI is InChI=1S/C13H26N2/c1-5-11(3)14-12(4)13-8-7-9-15(6-2)10-13/h5,11-14H,1,6-10H2,2-4H3. The zero-order chi connectivity index (χ0) is 11.3. The van der Waals surface area contributed by atoms with Gasteiger partial charge in [0.1, 0.15) is 0 Å². The Bertz CT molecular complexity index is 191. The number of nitrogens with one attached hydrogen (secondary N) is 1. The second-order valence-electron chi connectivity index (χ2n) is 4.78. The van der Waals surface area contributed by atoms with Gasteiger partial charge < -0.3 is 10.2 Å². The molecule has 0 aliphatic carbocycles. The van der Waals surface area contributed by atoms with Crippen LogP contribution in [0.4, 0.5) is 0 Å². The molecule has 2 heteroatoms. The lowest BCUT2D eigenvalue weighted by atomic mass is 9.91. The van der Waals surface area contributed by atoms with E-state index in [9.17, 15) is 0 Å². The molecule has 2 nitrogen and oxygen atoms in total. The van der Waals surface area contributed by atoms with E-state index in [2.05, 4.69) is 37.6 Å². The lowest BCUT2D eigenvalue weighted by molar-refractivity contribution is 0.155. The summed E-state index contributed by atoms with van der Waals surface area (Å²) in [4.78, 5) is 2.56. The Balaban J connectivity index is 2.37. The molecular formula is C13H26N2. The Kier molecular flexibility index (Phi) is 5.34. The van der Waals surface area contributed by atoms with E-state index in [1.807, 2.05) is 6.08 Å². The Morgan fingerprint density at radius 2 is 2.27 bits per heavy atom. The maximum Gasteiger partial charge on any atom is 0.0221 e. The molecule has 1 aliphatic heterocycles. The van der Waals surface area contributed by atoms with Gasteiger partial charge in [-0.3, -0.25) is 0 Å². The molecule has 1 fully saturated rings. The van der Waals surface area contributed by atoms with E-state index in [1.54, 1.807) is 0 Å². The van der Waals surface area contributed by atoms with Gasteiger partial charge >= 0.3 is 0 Å². The third-order valence-electron chi connectivity index (χ3n) is 3.58. The molecule has 1 aliphatic rings. The first-order chi connectivity index (χ1) is 7.17. The van der Waals surface area contributed by atoms with Crippen LogP contribution in [0, 0.1) is 5.92 Å². The van der Waals surface area contributed by atoms with E-state index < -0.39 is 0 Å². The van der Waals surface area contributed by atoms with Gasteiger partial charge in [-0.05, 0) is 45.7 Å². The first kappa shape index (κ1) is 12.7. The van der Waals surface area contributed by atoms with Gasteiger partial charge in [0, 0.05) is 18.6 Å². The topological polar surface area (TPSA) is 15.3 Å².